The van der Waals surface area contributed by atoms with E-state index in [1.165, 1.54) is 0 Å². The van der Waals surface area contributed by atoms with E-state index in [1.807, 2.05) is 37.3 Å². The summed E-state index contributed by atoms with van der Waals surface area (Å²) in [5, 5.41) is 23.4. The van der Waals surface area contributed by atoms with Gasteiger partial charge in [-0.1, -0.05) is 28.9 Å². The van der Waals surface area contributed by atoms with Crippen molar-refractivity contribution in [2.45, 2.75) is 38.6 Å². The van der Waals surface area contributed by atoms with Crippen molar-refractivity contribution in [2.75, 3.05) is 6.54 Å². The summed E-state index contributed by atoms with van der Waals surface area (Å²) in [6.45, 7) is 2.89. The molecular weight excluding hydrogens is 334 g/mol. The van der Waals surface area contributed by atoms with E-state index in [4.69, 9.17) is 14.0 Å². The van der Waals surface area contributed by atoms with Crippen LogP contribution in [0.1, 0.15) is 35.4 Å². The van der Waals surface area contributed by atoms with Gasteiger partial charge in [0.15, 0.2) is 0 Å². The number of nitrogens with zero attached hydrogens (tertiary/aromatic N) is 3. The summed E-state index contributed by atoms with van der Waals surface area (Å²) in [7, 11) is 0. The Balaban J connectivity index is 1.55. The lowest BCUT2D eigenvalue weighted by atomic mass is 10.1. The lowest BCUT2D eigenvalue weighted by molar-refractivity contribution is 0.160. The van der Waals surface area contributed by atoms with Crippen LogP contribution in [0.3, 0.4) is 0 Å². The fourth-order valence-corrected chi connectivity index (χ4v) is 3.38. The second-order valence-corrected chi connectivity index (χ2v) is 6.69. The highest BCUT2D eigenvalue weighted by Gasteiger charge is 2.36. The zero-order valence-corrected chi connectivity index (χ0v) is 14.5. The third-order valence-electron chi connectivity index (χ3n) is 4.62. The first-order valence-corrected chi connectivity index (χ1v) is 8.63. The molecule has 1 saturated heterocycles. The summed E-state index contributed by atoms with van der Waals surface area (Å²) in [6.07, 6.45) is 0.0739. The zero-order valence-electron chi connectivity index (χ0n) is 14.5. The molecule has 0 unspecified atom stereocenters. The number of rotatable bonds is 5. The van der Waals surface area contributed by atoms with Crippen LogP contribution in [0.4, 0.5) is 0 Å². The molecule has 0 saturated carbocycles. The Labute approximate surface area is 150 Å². The van der Waals surface area contributed by atoms with Crippen LogP contribution in [0.25, 0.3) is 11.4 Å². The Morgan fingerprint density at radius 2 is 2.08 bits per heavy atom. The molecule has 136 valence electrons. The number of β-amino-alcohol motifs (C(OH)–C–C–N with tert-alkyl or cyclic N) is 1. The average Bonchev–Trinajstić information content (AvgIpc) is 3.35. The van der Waals surface area contributed by atoms with Crippen molar-refractivity contribution in [3.05, 3.63) is 59.4 Å². The van der Waals surface area contributed by atoms with Crippen molar-refractivity contribution in [1.29, 1.82) is 0 Å². The molecule has 1 aromatic carbocycles. The van der Waals surface area contributed by atoms with Gasteiger partial charge in [0, 0.05) is 12.1 Å². The van der Waals surface area contributed by atoms with Crippen molar-refractivity contribution in [3.8, 4) is 11.4 Å². The normalized spacial score (nSPS) is 20.7. The number of hydrogen-bond acceptors (Lipinski definition) is 7. The van der Waals surface area contributed by atoms with E-state index in [0.717, 1.165) is 16.9 Å². The molecule has 1 aliphatic heterocycles. The quantitative estimate of drug-likeness (QED) is 0.726. The smallest absolute Gasteiger partial charge is 0.244 e. The van der Waals surface area contributed by atoms with Crippen LogP contribution in [-0.2, 0) is 13.2 Å². The molecule has 0 aliphatic carbocycles. The van der Waals surface area contributed by atoms with Crippen molar-refractivity contribution < 1.29 is 19.2 Å². The molecule has 7 nitrogen and oxygen atoms in total. The molecule has 26 heavy (non-hydrogen) atoms. The molecule has 2 aromatic heterocycles. The molecular formula is C19H21N3O4. The van der Waals surface area contributed by atoms with Crippen molar-refractivity contribution in [3.63, 3.8) is 0 Å². The Hall–Kier alpha value is -2.48. The van der Waals surface area contributed by atoms with Gasteiger partial charge in [-0.2, -0.15) is 4.98 Å². The van der Waals surface area contributed by atoms with Crippen LogP contribution >= 0.6 is 0 Å². The molecule has 4 rings (SSSR count). The maximum Gasteiger partial charge on any atom is 0.244 e. The molecule has 1 fully saturated rings. The van der Waals surface area contributed by atoms with E-state index in [0.29, 0.717) is 37.0 Å². The van der Waals surface area contributed by atoms with Crippen molar-refractivity contribution in [2.24, 2.45) is 0 Å². The topological polar surface area (TPSA) is 95.8 Å². The van der Waals surface area contributed by atoms with Crippen LogP contribution < -0.4 is 0 Å². The second kappa shape index (κ2) is 7.03. The lowest BCUT2D eigenvalue weighted by Crippen LogP contribution is -2.24. The van der Waals surface area contributed by atoms with Crippen LogP contribution in [0.15, 0.2) is 45.3 Å². The average molecular weight is 355 g/mol. The molecule has 3 aromatic rings. The van der Waals surface area contributed by atoms with Gasteiger partial charge in [-0.25, -0.2) is 0 Å². The van der Waals surface area contributed by atoms with E-state index in [-0.39, 0.29) is 12.6 Å². The van der Waals surface area contributed by atoms with Crippen molar-refractivity contribution in [1.82, 2.24) is 15.0 Å². The number of benzene rings is 1. The molecule has 2 atom stereocenters. The molecule has 0 bridgehead atoms. The van der Waals surface area contributed by atoms with E-state index < -0.39 is 6.10 Å². The van der Waals surface area contributed by atoms with Gasteiger partial charge in [0.2, 0.25) is 11.7 Å². The Morgan fingerprint density at radius 1 is 1.23 bits per heavy atom. The van der Waals surface area contributed by atoms with Crippen LogP contribution in [-0.4, -0.2) is 37.9 Å². The molecule has 0 spiro atoms. The van der Waals surface area contributed by atoms with Gasteiger partial charge in [0.25, 0.3) is 0 Å². The van der Waals surface area contributed by atoms with Gasteiger partial charge in [-0.15, -0.1) is 0 Å². The summed E-state index contributed by atoms with van der Waals surface area (Å²) in [4.78, 5) is 6.60. The van der Waals surface area contributed by atoms with Gasteiger partial charge in [-0.05, 0) is 31.5 Å². The highest BCUT2D eigenvalue weighted by Crippen LogP contribution is 2.33. The van der Waals surface area contributed by atoms with Gasteiger partial charge in [-0.3, -0.25) is 4.90 Å². The van der Waals surface area contributed by atoms with Gasteiger partial charge in [0.05, 0.1) is 18.7 Å². The fourth-order valence-electron chi connectivity index (χ4n) is 3.38. The van der Waals surface area contributed by atoms with E-state index >= 15 is 0 Å². The van der Waals surface area contributed by atoms with Crippen molar-refractivity contribution >= 4 is 0 Å². The number of furan rings is 1. The Morgan fingerprint density at radius 3 is 2.85 bits per heavy atom. The summed E-state index contributed by atoms with van der Waals surface area (Å²) < 4.78 is 11.1. The van der Waals surface area contributed by atoms with Gasteiger partial charge >= 0.3 is 0 Å². The minimum atomic E-state index is -0.457. The SMILES string of the molecule is Cc1cccc(-c2noc([C@@H]3C[C@@H](O)CN3Cc3ccc(CO)o3)n2)c1. The zero-order chi connectivity index (χ0) is 18.1. The minimum Gasteiger partial charge on any atom is -0.462 e. The molecule has 0 amide bonds. The molecule has 0 radical (unpaired) electrons. The molecule has 3 heterocycles. The third-order valence-corrected chi connectivity index (χ3v) is 4.62. The summed E-state index contributed by atoms with van der Waals surface area (Å²) >= 11 is 0. The van der Waals surface area contributed by atoms with Crippen LogP contribution in [0.2, 0.25) is 0 Å². The standard InChI is InChI=1S/C19H21N3O4/c1-12-3-2-4-13(7-12)18-20-19(26-21-18)17-8-14(24)9-22(17)10-15-5-6-16(11-23)25-15/h2-7,14,17,23-24H,8-11H2,1H3/t14-,17+/m1/s1. The Kier molecular flexibility index (Phi) is 4.58. The number of hydrogen-bond donors (Lipinski definition) is 2. The predicted octanol–water partition coefficient (Wildman–Crippen LogP) is 2.44. The van der Waals surface area contributed by atoms with Gasteiger partial charge < -0.3 is 19.2 Å². The van der Waals surface area contributed by atoms with Gasteiger partial charge in [0.1, 0.15) is 18.1 Å². The molecule has 7 heteroatoms. The highest BCUT2D eigenvalue weighted by molar-refractivity contribution is 5.55. The summed E-state index contributed by atoms with van der Waals surface area (Å²) in [5.74, 6) is 2.29. The lowest BCUT2D eigenvalue weighted by Gasteiger charge is -2.19. The third kappa shape index (κ3) is 3.41. The Bertz CT molecular complexity index is 888. The maximum atomic E-state index is 10.1. The number of aliphatic hydroxyl groups excluding tert-OH is 2. The first-order chi connectivity index (χ1) is 12.6. The van der Waals surface area contributed by atoms with Crippen LogP contribution in [0, 0.1) is 6.92 Å². The molecule has 1 aliphatic rings. The maximum absolute atomic E-state index is 10.1. The fraction of sp³-hybridized carbons (Fsp3) is 0.368. The first-order valence-electron chi connectivity index (χ1n) is 8.63. The summed E-state index contributed by atoms with van der Waals surface area (Å²) in [6, 6.07) is 11.3. The number of likely N-dealkylation sites (tertiary alicyclic amines) is 1. The van der Waals surface area contributed by atoms with E-state index in [2.05, 4.69) is 15.0 Å². The highest BCUT2D eigenvalue weighted by atomic mass is 16.5. The van der Waals surface area contributed by atoms with Crippen LogP contribution in [0.5, 0.6) is 0 Å². The minimum absolute atomic E-state index is 0.129. The predicted molar refractivity (Wildman–Crippen MR) is 92.9 cm³/mol. The number of aryl methyl sites for hydroxylation is 1. The number of aromatic nitrogens is 2. The largest absolute Gasteiger partial charge is 0.462 e. The second-order valence-electron chi connectivity index (χ2n) is 6.69. The summed E-state index contributed by atoms with van der Waals surface area (Å²) in [5.41, 5.74) is 2.04. The monoisotopic (exact) mass is 355 g/mol. The first kappa shape index (κ1) is 17.0. The number of aliphatic hydroxyl groups is 2. The van der Waals surface area contributed by atoms with E-state index in [1.54, 1.807) is 6.07 Å². The van der Waals surface area contributed by atoms with E-state index in [9.17, 15) is 5.11 Å². The molecule has 2 N–H and O–H groups in total.